The summed E-state index contributed by atoms with van der Waals surface area (Å²) in [5, 5.41) is 0. The highest BCUT2D eigenvalue weighted by atomic mass is 19.4. The van der Waals surface area contributed by atoms with E-state index in [0.717, 1.165) is 17.7 Å². The van der Waals surface area contributed by atoms with Gasteiger partial charge in [0.1, 0.15) is 5.82 Å². The third-order valence-corrected chi connectivity index (χ3v) is 6.94. The van der Waals surface area contributed by atoms with Crippen LogP contribution in [0.2, 0.25) is 0 Å². The number of carbonyl (C=O) groups is 2. The third kappa shape index (κ3) is 4.03. The van der Waals surface area contributed by atoms with E-state index in [0.29, 0.717) is 25.3 Å². The number of fused-ring (bicyclic) bond motifs is 4. The van der Waals surface area contributed by atoms with Gasteiger partial charge in [0, 0.05) is 52.1 Å². The van der Waals surface area contributed by atoms with Crippen LogP contribution >= 0.6 is 0 Å². The van der Waals surface area contributed by atoms with Gasteiger partial charge in [0.15, 0.2) is 5.41 Å². The first-order valence-electron chi connectivity index (χ1n) is 11.3. The van der Waals surface area contributed by atoms with Crippen LogP contribution in [-0.2, 0) is 38.2 Å². The van der Waals surface area contributed by atoms with E-state index >= 15 is 0 Å². The molecular formula is C25H24F4N2O4. The summed E-state index contributed by atoms with van der Waals surface area (Å²) in [6.45, 7) is 4.50. The van der Waals surface area contributed by atoms with Crippen molar-refractivity contribution < 1.29 is 36.6 Å². The molecule has 2 fully saturated rings. The molecular weight excluding hydrogens is 468 g/mol. The van der Waals surface area contributed by atoms with E-state index in [1.54, 1.807) is 12.1 Å². The molecule has 0 saturated carbocycles. The number of cyclic esters (lactones) is 2. The number of benzene rings is 2. The summed E-state index contributed by atoms with van der Waals surface area (Å²) in [6.07, 6.45) is -4.83. The number of rotatable bonds is 2. The summed E-state index contributed by atoms with van der Waals surface area (Å²) < 4.78 is 64.6. The quantitative estimate of drug-likeness (QED) is 0.360. The smallest absolute Gasteiger partial charge is 0.416 e. The normalized spacial score (nSPS) is 23.4. The predicted molar refractivity (Wildman–Crippen MR) is 117 cm³/mol. The zero-order chi connectivity index (χ0) is 25.2. The van der Waals surface area contributed by atoms with E-state index in [9.17, 15) is 27.2 Å². The molecule has 1 spiro atoms. The minimum atomic E-state index is -4.57. The summed E-state index contributed by atoms with van der Waals surface area (Å²) in [7, 11) is 0. The van der Waals surface area contributed by atoms with Gasteiger partial charge in [-0.1, -0.05) is 12.1 Å². The van der Waals surface area contributed by atoms with Gasteiger partial charge < -0.3 is 14.4 Å². The van der Waals surface area contributed by atoms with Gasteiger partial charge in [-0.3, -0.25) is 14.5 Å². The zero-order valence-electron chi connectivity index (χ0n) is 19.2. The van der Waals surface area contributed by atoms with E-state index in [1.165, 1.54) is 32.0 Å². The highest BCUT2D eigenvalue weighted by Crippen LogP contribution is 2.48. The monoisotopic (exact) mass is 492 g/mol. The number of piperazine rings is 1. The molecule has 3 aliphatic rings. The number of halogens is 4. The van der Waals surface area contributed by atoms with Crippen molar-refractivity contribution in [2.45, 2.75) is 44.8 Å². The second kappa shape index (κ2) is 7.94. The van der Waals surface area contributed by atoms with E-state index in [4.69, 9.17) is 9.47 Å². The first-order chi connectivity index (χ1) is 16.4. The van der Waals surface area contributed by atoms with Gasteiger partial charge in [-0.15, -0.1) is 0 Å². The van der Waals surface area contributed by atoms with Crippen LogP contribution in [0.25, 0.3) is 0 Å². The Morgan fingerprint density at radius 2 is 1.66 bits per heavy atom. The average Bonchev–Trinajstić information content (AvgIpc) is 2.77. The molecule has 0 aliphatic carbocycles. The van der Waals surface area contributed by atoms with Crippen molar-refractivity contribution in [1.82, 2.24) is 4.90 Å². The molecule has 2 saturated heterocycles. The van der Waals surface area contributed by atoms with E-state index in [1.807, 2.05) is 9.80 Å². The van der Waals surface area contributed by atoms with Crippen molar-refractivity contribution in [3.63, 3.8) is 0 Å². The van der Waals surface area contributed by atoms with Crippen LogP contribution in [0.15, 0.2) is 42.5 Å². The Bertz CT molecular complexity index is 1160. The Labute approximate surface area is 199 Å². The molecule has 2 aromatic rings. The molecule has 1 unspecified atom stereocenters. The second-order valence-corrected chi connectivity index (χ2v) is 9.74. The van der Waals surface area contributed by atoms with Gasteiger partial charge in [0.05, 0.1) is 11.6 Å². The molecule has 0 amide bonds. The second-order valence-electron chi connectivity index (χ2n) is 9.74. The molecule has 0 N–H and O–H groups in total. The lowest BCUT2D eigenvalue weighted by molar-refractivity contribution is -0.253. The molecule has 35 heavy (non-hydrogen) atoms. The first-order valence-corrected chi connectivity index (χ1v) is 11.3. The first kappa shape index (κ1) is 23.6. The summed E-state index contributed by atoms with van der Waals surface area (Å²) in [6, 6.07) is 8.75. The SMILES string of the molecule is CC1(C)OC(=O)C2(Cc3cc(C(F)(F)F)ccc3N3CCN(Cc4ccc(F)cc4)CC32)C(=O)O1. The highest BCUT2D eigenvalue weighted by Gasteiger charge is 2.64. The van der Waals surface area contributed by atoms with Crippen LogP contribution in [0.4, 0.5) is 23.2 Å². The van der Waals surface area contributed by atoms with Gasteiger partial charge in [-0.05, 0) is 41.5 Å². The average molecular weight is 492 g/mol. The summed E-state index contributed by atoms with van der Waals surface area (Å²) in [5.74, 6) is -3.43. The van der Waals surface area contributed by atoms with Gasteiger partial charge in [0.25, 0.3) is 5.79 Å². The number of alkyl halides is 3. The highest BCUT2D eigenvalue weighted by molar-refractivity contribution is 6.04. The number of ether oxygens (including phenoxy) is 2. The van der Waals surface area contributed by atoms with Crippen LogP contribution < -0.4 is 4.90 Å². The maximum Gasteiger partial charge on any atom is 0.416 e. The van der Waals surface area contributed by atoms with Crippen molar-refractivity contribution in [1.29, 1.82) is 0 Å². The fourth-order valence-electron chi connectivity index (χ4n) is 5.29. The van der Waals surface area contributed by atoms with Crippen LogP contribution in [-0.4, -0.2) is 48.3 Å². The Morgan fingerprint density at radius 1 is 1.00 bits per heavy atom. The fraction of sp³-hybridized carbons (Fsp3) is 0.440. The number of esters is 2. The Morgan fingerprint density at radius 3 is 2.29 bits per heavy atom. The molecule has 6 nitrogen and oxygen atoms in total. The molecule has 1 atom stereocenters. The van der Waals surface area contributed by atoms with E-state index in [2.05, 4.69) is 0 Å². The molecule has 0 bridgehead atoms. The molecule has 0 radical (unpaired) electrons. The van der Waals surface area contributed by atoms with Crippen LogP contribution in [0.5, 0.6) is 0 Å². The van der Waals surface area contributed by atoms with Gasteiger partial charge >= 0.3 is 18.1 Å². The molecule has 186 valence electrons. The lowest BCUT2D eigenvalue weighted by atomic mass is 9.69. The van der Waals surface area contributed by atoms with Gasteiger partial charge in [-0.2, -0.15) is 13.2 Å². The lowest BCUT2D eigenvalue weighted by Crippen LogP contribution is -2.70. The summed E-state index contributed by atoms with van der Waals surface area (Å²) in [5.41, 5.74) is -1.00. The van der Waals surface area contributed by atoms with Crippen molar-refractivity contribution in [3.8, 4) is 0 Å². The number of carbonyl (C=O) groups excluding carboxylic acids is 2. The Hall–Kier alpha value is -3.14. The van der Waals surface area contributed by atoms with Crippen molar-refractivity contribution in [2.75, 3.05) is 24.5 Å². The lowest BCUT2D eigenvalue weighted by Gasteiger charge is -2.55. The Kier molecular flexibility index (Phi) is 5.35. The maximum absolute atomic E-state index is 13.4. The van der Waals surface area contributed by atoms with Crippen LogP contribution in [0.1, 0.15) is 30.5 Å². The molecule has 2 aromatic carbocycles. The topological polar surface area (TPSA) is 59.1 Å². The van der Waals surface area contributed by atoms with Crippen molar-refractivity contribution >= 4 is 17.6 Å². The van der Waals surface area contributed by atoms with E-state index in [-0.39, 0.29) is 24.3 Å². The molecule has 5 rings (SSSR count). The molecule has 3 aliphatic heterocycles. The summed E-state index contributed by atoms with van der Waals surface area (Å²) in [4.78, 5) is 30.7. The fourth-order valence-corrected chi connectivity index (χ4v) is 5.29. The number of anilines is 1. The minimum Gasteiger partial charge on any atom is -0.422 e. The number of hydrogen-bond acceptors (Lipinski definition) is 6. The molecule has 3 heterocycles. The summed E-state index contributed by atoms with van der Waals surface area (Å²) >= 11 is 0. The van der Waals surface area contributed by atoms with Gasteiger partial charge in [-0.25, -0.2) is 4.39 Å². The maximum atomic E-state index is 13.4. The largest absolute Gasteiger partial charge is 0.422 e. The van der Waals surface area contributed by atoms with Crippen LogP contribution in [0, 0.1) is 11.2 Å². The van der Waals surface area contributed by atoms with Crippen molar-refractivity contribution in [3.05, 3.63) is 65.0 Å². The standard InChI is InChI=1S/C25H24F4N2O4/c1-23(2)34-21(32)24(22(33)35-23)12-16-11-17(25(27,28)29)5-8-19(16)31-10-9-30(14-20(24)31)13-15-3-6-18(26)7-4-15/h3-8,11,20H,9-10,12-14H2,1-2H3. The number of hydrogen-bond donors (Lipinski definition) is 0. The van der Waals surface area contributed by atoms with Gasteiger partial charge in [0.2, 0.25) is 0 Å². The number of nitrogens with zero attached hydrogens (tertiary/aromatic N) is 2. The zero-order valence-corrected chi connectivity index (χ0v) is 19.2. The van der Waals surface area contributed by atoms with Crippen LogP contribution in [0.3, 0.4) is 0 Å². The minimum absolute atomic E-state index is 0.247. The van der Waals surface area contributed by atoms with Crippen molar-refractivity contribution in [2.24, 2.45) is 5.41 Å². The van der Waals surface area contributed by atoms with E-state index < -0.39 is 40.9 Å². The third-order valence-electron chi connectivity index (χ3n) is 6.94. The molecule has 10 heteroatoms. The molecule has 0 aromatic heterocycles. The predicted octanol–water partition coefficient (Wildman–Crippen LogP) is 3.91. The Balaban J connectivity index is 1.55.